The van der Waals surface area contributed by atoms with Crippen LogP contribution in [0.3, 0.4) is 0 Å². The SMILES string of the molecule is CCOCC(C)Nc1nnc(Br)s1. The lowest BCUT2D eigenvalue weighted by molar-refractivity contribution is 0.141. The van der Waals surface area contributed by atoms with E-state index in [1.54, 1.807) is 0 Å². The molecule has 0 aliphatic heterocycles. The molecule has 0 spiro atoms. The number of aromatic nitrogens is 2. The normalized spacial score (nSPS) is 12.8. The quantitative estimate of drug-likeness (QED) is 0.887. The highest BCUT2D eigenvalue weighted by Gasteiger charge is 2.05. The van der Waals surface area contributed by atoms with E-state index in [1.807, 2.05) is 13.8 Å². The molecule has 0 aliphatic rings. The summed E-state index contributed by atoms with van der Waals surface area (Å²) in [4.78, 5) is 0. The number of ether oxygens (including phenoxy) is 1. The van der Waals surface area contributed by atoms with E-state index in [4.69, 9.17) is 4.74 Å². The molecule has 74 valence electrons. The Bertz CT molecular complexity index is 256. The summed E-state index contributed by atoms with van der Waals surface area (Å²) in [5.41, 5.74) is 0. The Morgan fingerprint density at radius 2 is 2.38 bits per heavy atom. The summed E-state index contributed by atoms with van der Waals surface area (Å²) in [6, 6.07) is 0.264. The minimum Gasteiger partial charge on any atom is -0.380 e. The molecular formula is C7H12BrN3OS. The molecule has 6 heteroatoms. The number of hydrogen-bond donors (Lipinski definition) is 1. The van der Waals surface area contributed by atoms with Crippen LogP contribution in [0, 0.1) is 0 Å². The van der Waals surface area contributed by atoms with Gasteiger partial charge < -0.3 is 10.1 Å². The average molecular weight is 266 g/mol. The van der Waals surface area contributed by atoms with Crippen LogP contribution >= 0.6 is 27.3 Å². The molecule has 0 aliphatic carbocycles. The van der Waals surface area contributed by atoms with Crippen LogP contribution in [0.1, 0.15) is 13.8 Å². The number of rotatable bonds is 5. The molecule has 1 aromatic rings. The van der Waals surface area contributed by atoms with Crippen molar-refractivity contribution in [2.24, 2.45) is 0 Å². The number of halogens is 1. The van der Waals surface area contributed by atoms with E-state index < -0.39 is 0 Å². The second-order valence-corrected chi connectivity index (χ2v) is 4.82. The molecule has 1 unspecified atom stereocenters. The van der Waals surface area contributed by atoms with Crippen LogP contribution in [0.5, 0.6) is 0 Å². The molecule has 1 atom stereocenters. The Kier molecular flexibility index (Phi) is 4.61. The first-order valence-electron chi connectivity index (χ1n) is 4.05. The van der Waals surface area contributed by atoms with Crippen molar-refractivity contribution in [2.45, 2.75) is 19.9 Å². The van der Waals surface area contributed by atoms with E-state index in [0.29, 0.717) is 6.61 Å². The van der Waals surface area contributed by atoms with Gasteiger partial charge in [-0.05, 0) is 29.8 Å². The van der Waals surface area contributed by atoms with Gasteiger partial charge in [0.25, 0.3) is 0 Å². The zero-order chi connectivity index (χ0) is 9.68. The van der Waals surface area contributed by atoms with Gasteiger partial charge >= 0.3 is 0 Å². The van der Waals surface area contributed by atoms with Crippen LogP contribution in [0.4, 0.5) is 5.13 Å². The second kappa shape index (κ2) is 5.51. The number of hydrogen-bond acceptors (Lipinski definition) is 5. The Morgan fingerprint density at radius 3 is 2.92 bits per heavy atom. The molecule has 1 heterocycles. The minimum absolute atomic E-state index is 0.264. The topological polar surface area (TPSA) is 47.0 Å². The van der Waals surface area contributed by atoms with Crippen LogP contribution in [0.15, 0.2) is 3.92 Å². The molecule has 0 fully saturated rings. The molecular weight excluding hydrogens is 254 g/mol. The third-order valence-corrected chi connectivity index (χ3v) is 2.63. The predicted molar refractivity (Wildman–Crippen MR) is 57.2 cm³/mol. The largest absolute Gasteiger partial charge is 0.380 e. The van der Waals surface area contributed by atoms with Gasteiger partial charge in [-0.15, -0.1) is 10.2 Å². The zero-order valence-electron chi connectivity index (χ0n) is 7.58. The van der Waals surface area contributed by atoms with E-state index in [2.05, 4.69) is 31.4 Å². The molecule has 1 N–H and O–H groups in total. The highest BCUT2D eigenvalue weighted by molar-refractivity contribution is 9.11. The van der Waals surface area contributed by atoms with Gasteiger partial charge in [-0.25, -0.2) is 0 Å². The maximum atomic E-state index is 5.26. The average Bonchev–Trinajstić information content (AvgIpc) is 2.48. The summed E-state index contributed by atoms with van der Waals surface area (Å²) >= 11 is 4.73. The summed E-state index contributed by atoms with van der Waals surface area (Å²) in [5, 5.41) is 11.8. The number of nitrogens with zero attached hydrogens (tertiary/aromatic N) is 2. The van der Waals surface area contributed by atoms with Crippen LogP contribution in [-0.2, 0) is 4.74 Å². The molecule has 0 saturated carbocycles. The van der Waals surface area contributed by atoms with Gasteiger partial charge in [-0.1, -0.05) is 11.3 Å². The van der Waals surface area contributed by atoms with Crippen molar-refractivity contribution in [1.29, 1.82) is 0 Å². The highest BCUT2D eigenvalue weighted by Crippen LogP contribution is 2.20. The van der Waals surface area contributed by atoms with E-state index in [9.17, 15) is 0 Å². The summed E-state index contributed by atoms with van der Waals surface area (Å²) in [6.45, 7) is 5.46. The lowest BCUT2D eigenvalue weighted by Crippen LogP contribution is -2.21. The van der Waals surface area contributed by atoms with Crippen molar-refractivity contribution in [2.75, 3.05) is 18.5 Å². The fraction of sp³-hybridized carbons (Fsp3) is 0.714. The van der Waals surface area contributed by atoms with Crippen LogP contribution in [0.2, 0.25) is 0 Å². The third-order valence-electron chi connectivity index (χ3n) is 1.34. The predicted octanol–water partition coefficient (Wildman–Crippen LogP) is 2.14. The van der Waals surface area contributed by atoms with Crippen molar-refractivity contribution in [3.8, 4) is 0 Å². The zero-order valence-corrected chi connectivity index (χ0v) is 9.98. The fourth-order valence-electron chi connectivity index (χ4n) is 0.811. The molecule has 0 amide bonds. The van der Waals surface area contributed by atoms with Crippen molar-refractivity contribution in [3.05, 3.63) is 3.92 Å². The first kappa shape index (κ1) is 10.9. The molecule has 0 saturated heterocycles. The van der Waals surface area contributed by atoms with Crippen molar-refractivity contribution in [1.82, 2.24) is 10.2 Å². The van der Waals surface area contributed by atoms with Crippen LogP contribution in [0.25, 0.3) is 0 Å². The Hall–Kier alpha value is -0.200. The molecule has 1 rings (SSSR count). The molecule has 0 radical (unpaired) electrons. The van der Waals surface area contributed by atoms with Gasteiger partial charge in [0.05, 0.1) is 6.61 Å². The van der Waals surface area contributed by atoms with E-state index in [1.165, 1.54) is 11.3 Å². The lowest BCUT2D eigenvalue weighted by atomic mass is 10.4. The van der Waals surface area contributed by atoms with E-state index in [-0.39, 0.29) is 6.04 Å². The molecule has 4 nitrogen and oxygen atoms in total. The second-order valence-electron chi connectivity index (χ2n) is 2.57. The first-order chi connectivity index (χ1) is 6.22. The summed E-state index contributed by atoms with van der Waals surface area (Å²) in [7, 11) is 0. The Labute approximate surface area is 89.8 Å². The summed E-state index contributed by atoms with van der Waals surface area (Å²) in [5.74, 6) is 0. The summed E-state index contributed by atoms with van der Waals surface area (Å²) in [6.07, 6.45) is 0. The lowest BCUT2D eigenvalue weighted by Gasteiger charge is -2.11. The maximum absolute atomic E-state index is 5.26. The Balaban J connectivity index is 2.31. The highest BCUT2D eigenvalue weighted by atomic mass is 79.9. The van der Waals surface area contributed by atoms with Crippen LogP contribution < -0.4 is 5.32 Å². The molecule has 1 aromatic heterocycles. The van der Waals surface area contributed by atoms with Crippen LogP contribution in [-0.4, -0.2) is 29.5 Å². The standard InChI is InChI=1S/C7H12BrN3OS/c1-3-12-4-5(2)9-7-11-10-6(8)13-7/h5H,3-4H2,1-2H3,(H,9,11). The van der Waals surface area contributed by atoms with Gasteiger partial charge in [0.15, 0.2) is 3.92 Å². The van der Waals surface area contributed by atoms with Gasteiger partial charge in [-0.2, -0.15) is 0 Å². The maximum Gasteiger partial charge on any atom is 0.206 e. The first-order valence-corrected chi connectivity index (χ1v) is 5.66. The number of anilines is 1. The van der Waals surface area contributed by atoms with Crippen molar-refractivity contribution < 1.29 is 4.74 Å². The number of nitrogens with one attached hydrogen (secondary N) is 1. The van der Waals surface area contributed by atoms with Gasteiger partial charge in [-0.3, -0.25) is 0 Å². The molecule has 0 aromatic carbocycles. The molecule has 13 heavy (non-hydrogen) atoms. The van der Waals surface area contributed by atoms with E-state index >= 15 is 0 Å². The Morgan fingerprint density at radius 1 is 1.62 bits per heavy atom. The van der Waals surface area contributed by atoms with Gasteiger partial charge in [0, 0.05) is 12.6 Å². The van der Waals surface area contributed by atoms with Gasteiger partial charge in [0.2, 0.25) is 5.13 Å². The smallest absolute Gasteiger partial charge is 0.206 e. The molecule has 0 bridgehead atoms. The van der Waals surface area contributed by atoms with Crippen molar-refractivity contribution >= 4 is 32.4 Å². The van der Waals surface area contributed by atoms with Crippen molar-refractivity contribution in [3.63, 3.8) is 0 Å². The fourth-order valence-corrected chi connectivity index (χ4v) is 1.93. The minimum atomic E-state index is 0.264. The third kappa shape index (κ3) is 4.02. The van der Waals surface area contributed by atoms with Gasteiger partial charge in [0.1, 0.15) is 0 Å². The monoisotopic (exact) mass is 265 g/mol. The summed E-state index contributed by atoms with van der Waals surface area (Å²) < 4.78 is 6.05. The van der Waals surface area contributed by atoms with E-state index in [0.717, 1.165) is 15.7 Å².